The average Bonchev–Trinajstić information content (AvgIpc) is 2.54. The molecular weight excluding hydrogens is 404 g/mol. The predicted molar refractivity (Wildman–Crippen MR) is 89.9 cm³/mol. The van der Waals surface area contributed by atoms with Crippen LogP contribution in [0.15, 0.2) is 39.7 Å². The lowest BCUT2D eigenvalue weighted by Crippen LogP contribution is -2.36. The van der Waals surface area contributed by atoms with Crippen LogP contribution in [0.5, 0.6) is 5.75 Å². The van der Waals surface area contributed by atoms with Gasteiger partial charge in [-0.25, -0.2) is 17.2 Å². The van der Waals surface area contributed by atoms with E-state index in [0.29, 0.717) is 17.3 Å². The minimum absolute atomic E-state index is 0.0424. The van der Waals surface area contributed by atoms with Crippen molar-refractivity contribution in [2.75, 3.05) is 18.0 Å². The summed E-state index contributed by atoms with van der Waals surface area (Å²) in [5.74, 6) is -1.37. The smallest absolute Gasteiger partial charge is 0.268 e. The van der Waals surface area contributed by atoms with E-state index >= 15 is 0 Å². The molecule has 0 atom stereocenters. The van der Waals surface area contributed by atoms with E-state index in [0.717, 1.165) is 16.4 Å². The van der Waals surface area contributed by atoms with Crippen molar-refractivity contribution in [1.29, 1.82) is 0 Å². The summed E-state index contributed by atoms with van der Waals surface area (Å²) >= 11 is 3.24. The number of nitrogens with zero attached hydrogens (tertiary/aromatic N) is 1. The predicted octanol–water partition coefficient (Wildman–Crippen LogP) is 3.88. The Morgan fingerprint density at radius 2 is 1.96 bits per heavy atom. The number of rotatable bonds is 3. The van der Waals surface area contributed by atoms with Gasteiger partial charge in [0.15, 0.2) is 0 Å². The molecule has 0 unspecified atom stereocenters. The second-order valence-corrected chi connectivity index (χ2v) is 8.11. The highest BCUT2D eigenvalue weighted by Crippen LogP contribution is 2.37. The number of hydrogen-bond donors (Lipinski definition) is 0. The van der Waals surface area contributed by atoms with Crippen molar-refractivity contribution in [2.24, 2.45) is 0 Å². The maximum absolute atomic E-state index is 14.0. The average molecular weight is 418 g/mol. The van der Waals surface area contributed by atoms with Crippen molar-refractivity contribution in [1.82, 2.24) is 0 Å². The molecule has 0 amide bonds. The second-order valence-electron chi connectivity index (χ2n) is 5.36. The highest BCUT2D eigenvalue weighted by Gasteiger charge is 2.33. The summed E-state index contributed by atoms with van der Waals surface area (Å²) in [6.45, 7) is 0.147. The number of hydrogen-bond acceptors (Lipinski definition) is 3. The van der Waals surface area contributed by atoms with Crippen LogP contribution in [0, 0.1) is 11.6 Å². The van der Waals surface area contributed by atoms with Crippen molar-refractivity contribution in [2.45, 2.75) is 17.7 Å². The zero-order valence-electron chi connectivity index (χ0n) is 12.7. The quantitative estimate of drug-likeness (QED) is 0.761. The lowest BCUT2D eigenvalue weighted by atomic mass is 10.0. The summed E-state index contributed by atoms with van der Waals surface area (Å²) in [5.41, 5.74) is 0.251. The number of fused-ring (bicyclic) bond motifs is 1. The minimum atomic E-state index is -4.03. The molecule has 0 radical (unpaired) electrons. The van der Waals surface area contributed by atoms with Crippen LogP contribution >= 0.6 is 15.9 Å². The van der Waals surface area contributed by atoms with Crippen molar-refractivity contribution < 1.29 is 21.9 Å². The topological polar surface area (TPSA) is 46.6 Å². The molecule has 0 saturated carbocycles. The summed E-state index contributed by atoms with van der Waals surface area (Å²) in [4.78, 5) is -0.0584. The van der Waals surface area contributed by atoms with E-state index in [1.165, 1.54) is 19.2 Å². The van der Waals surface area contributed by atoms with Gasteiger partial charge in [-0.2, -0.15) is 0 Å². The Morgan fingerprint density at radius 1 is 1.21 bits per heavy atom. The van der Waals surface area contributed by atoms with Crippen molar-refractivity contribution in [3.05, 3.63) is 52.0 Å². The molecular formula is C16H14BrF2NO3S. The molecule has 0 spiro atoms. The molecule has 0 aromatic heterocycles. The van der Waals surface area contributed by atoms with Crippen LogP contribution in [0.3, 0.4) is 0 Å². The van der Waals surface area contributed by atoms with E-state index in [1.807, 2.05) is 0 Å². The van der Waals surface area contributed by atoms with E-state index in [1.54, 1.807) is 6.07 Å². The third kappa shape index (κ3) is 2.88. The van der Waals surface area contributed by atoms with Crippen molar-refractivity contribution in [3.63, 3.8) is 0 Å². The van der Waals surface area contributed by atoms with Gasteiger partial charge in [0.25, 0.3) is 10.0 Å². The standard InChI is InChI=1S/C16H14BrF2NO3S/c1-23-15-5-4-10(17)7-16(15)24(21,22)20-6-2-3-12-13(19)8-11(18)9-14(12)20/h4-5,7-9H,2-3,6H2,1H3. The van der Waals surface area contributed by atoms with Crippen LogP contribution in [-0.2, 0) is 16.4 Å². The Kier molecular flexibility index (Phi) is 4.52. The summed E-state index contributed by atoms with van der Waals surface area (Å²) in [7, 11) is -2.66. The largest absolute Gasteiger partial charge is 0.495 e. The fraction of sp³-hybridized carbons (Fsp3) is 0.250. The van der Waals surface area contributed by atoms with Gasteiger partial charge in [-0.1, -0.05) is 15.9 Å². The van der Waals surface area contributed by atoms with Gasteiger partial charge in [0.2, 0.25) is 0 Å². The van der Waals surface area contributed by atoms with E-state index in [-0.39, 0.29) is 28.4 Å². The highest BCUT2D eigenvalue weighted by molar-refractivity contribution is 9.10. The van der Waals surface area contributed by atoms with Gasteiger partial charge >= 0.3 is 0 Å². The molecule has 24 heavy (non-hydrogen) atoms. The van der Waals surface area contributed by atoms with Crippen LogP contribution in [0.2, 0.25) is 0 Å². The van der Waals surface area contributed by atoms with Gasteiger partial charge in [0, 0.05) is 22.6 Å². The van der Waals surface area contributed by atoms with Crippen LogP contribution < -0.4 is 9.04 Å². The lowest BCUT2D eigenvalue weighted by molar-refractivity contribution is 0.402. The fourth-order valence-electron chi connectivity index (χ4n) is 2.80. The van der Waals surface area contributed by atoms with Gasteiger partial charge in [-0.3, -0.25) is 4.31 Å². The van der Waals surface area contributed by atoms with Crippen LogP contribution in [0.4, 0.5) is 14.5 Å². The second kappa shape index (κ2) is 6.33. The molecule has 2 aromatic rings. The lowest BCUT2D eigenvalue weighted by Gasteiger charge is -2.31. The molecule has 1 heterocycles. The molecule has 3 rings (SSSR count). The first-order valence-corrected chi connectivity index (χ1v) is 9.42. The molecule has 1 aliphatic rings. The number of methoxy groups -OCH3 is 1. The zero-order valence-corrected chi connectivity index (χ0v) is 15.1. The Labute approximate surface area is 147 Å². The summed E-state index contributed by atoms with van der Waals surface area (Å²) < 4.78 is 60.6. The van der Waals surface area contributed by atoms with Crippen LogP contribution in [-0.4, -0.2) is 22.1 Å². The number of ether oxygens (including phenoxy) is 1. The number of sulfonamides is 1. The number of halogens is 3. The van der Waals surface area contributed by atoms with Gasteiger partial charge in [-0.15, -0.1) is 0 Å². The Hall–Kier alpha value is -1.67. The molecule has 1 aliphatic heterocycles. The normalized spacial score (nSPS) is 14.4. The molecule has 4 nitrogen and oxygen atoms in total. The highest BCUT2D eigenvalue weighted by atomic mass is 79.9. The van der Waals surface area contributed by atoms with E-state index < -0.39 is 21.7 Å². The number of benzene rings is 2. The first kappa shape index (κ1) is 17.2. The summed E-state index contributed by atoms with van der Waals surface area (Å²) in [6, 6.07) is 6.42. The molecule has 0 N–H and O–H groups in total. The molecule has 0 fully saturated rings. The molecule has 8 heteroatoms. The minimum Gasteiger partial charge on any atom is -0.495 e. The summed E-state index contributed by atoms with van der Waals surface area (Å²) in [6.07, 6.45) is 0.814. The Morgan fingerprint density at radius 3 is 2.67 bits per heavy atom. The maximum Gasteiger partial charge on any atom is 0.268 e. The van der Waals surface area contributed by atoms with Crippen molar-refractivity contribution in [3.8, 4) is 5.75 Å². The van der Waals surface area contributed by atoms with E-state index in [9.17, 15) is 17.2 Å². The fourth-order valence-corrected chi connectivity index (χ4v) is 5.02. The molecule has 0 saturated heterocycles. The van der Waals surface area contributed by atoms with Gasteiger partial charge < -0.3 is 4.74 Å². The van der Waals surface area contributed by atoms with E-state index in [2.05, 4.69) is 15.9 Å². The van der Waals surface area contributed by atoms with Crippen molar-refractivity contribution >= 4 is 31.6 Å². The van der Waals surface area contributed by atoms with E-state index in [4.69, 9.17) is 4.74 Å². The molecule has 2 aromatic carbocycles. The molecule has 0 bridgehead atoms. The zero-order chi connectivity index (χ0) is 17.5. The third-order valence-corrected chi connectivity index (χ3v) is 6.21. The van der Waals surface area contributed by atoms with Gasteiger partial charge in [-0.05, 0) is 37.1 Å². The maximum atomic E-state index is 14.0. The monoisotopic (exact) mass is 417 g/mol. The van der Waals surface area contributed by atoms with Crippen LogP contribution in [0.25, 0.3) is 0 Å². The first-order chi connectivity index (χ1) is 11.3. The molecule has 128 valence electrons. The first-order valence-electron chi connectivity index (χ1n) is 7.19. The molecule has 0 aliphatic carbocycles. The Bertz CT molecular complexity index is 902. The Balaban J connectivity index is 2.19. The third-order valence-electron chi connectivity index (χ3n) is 3.89. The van der Waals surface area contributed by atoms with Gasteiger partial charge in [0.05, 0.1) is 12.8 Å². The van der Waals surface area contributed by atoms with Crippen LogP contribution in [0.1, 0.15) is 12.0 Å². The summed E-state index contributed by atoms with van der Waals surface area (Å²) in [5, 5.41) is 0. The number of anilines is 1. The SMILES string of the molecule is COc1ccc(Br)cc1S(=O)(=O)N1CCCc2c(F)cc(F)cc21. The van der Waals surface area contributed by atoms with Gasteiger partial charge in [0.1, 0.15) is 22.3 Å².